The number of nitrogens with one attached hydrogen (secondary N) is 1. The first-order valence-electron chi connectivity index (χ1n) is 7.59. The molecule has 6 nitrogen and oxygen atoms in total. The number of carbonyl (C=O) groups excluding carboxylic acids is 1. The van der Waals surface area contributed by atoms with Crippen molar-refractivity contribution in [2.24, 2.45) is 0 Å². The maximum Gasteiger partial charge on any atom is 0.231 e. The van der Waals surface area contributed by atoms with Crippen LogP contribution in [0.15, 0.2) is 53.1 Å². The Hall–Kier alpha value is -3.35. The largest absolute Gasteiger partial charge is 0.454 e. The van der Waals surface area contributed by atoms with Crippen LogP contribution in [0.25, 0.3) is 11.3 Å². The van der Waals surface area contributed by atoms with Crippen molar-refractivity contribution in [2.45, 2.75) is 6.42 Å². The van der Waals surface area contributed by atoms with Crippen LogP contribution in [0.5, 0.6) is 11.5 Å². The molecule has 1 aliphatic heterocycles. The van der Waals surface area contributed by atoms with E-state index in [1.54, 1.807) is 30.3 Å². The molecule has 1 aliphatic rings. The molecular weight excluding hydrogens is 327 g/mol. The van der Waals surface area contributed by atoms with Crippen molar-refractivity contribution in [3.8, 4) is 22.8 Å². The van der Waals surface area contributed by atoms with E-state index in [0.29, 0.717) is 23.0 Å². The molecule has 0 bridgehead atoms. The van der Waals surface area contributed by atoms with Crippen LogP contribution in [0, 0.1) is 5.82 Å². The summed E-state index contributed by atoms with van der Waals surface area (Å²) in [5.74, 6) is 0.945. The van der Waals surface area contributed by atoms with Gasteiger partial charge in [-0.1, -0.05) is 17.3 Å². The highest BCUT2D eigenvalue weighted by molar-refractivity contribution is 5.92. The zero-order valence-corrected chi connectivity index (χ0v) is 13.0. The van der Waals surface area contributed by atoms with E-state index >= 15 is 0 Å². The van der Waals surface area contributed by atoms with Gasteiger partial charge < -0.3 is 19.3 Å². The standard InChI is InChI=1S/C18H13FN2O4/c19-13-3-1-2-4-14(13)20-18(22)9-12-8-16(25-21-12)11-5-6-15-17(7-11)24-10-23-15/h1-8H,9-10H2,(H,20,22). The molecule has 0 aliphatic carbocycles. The van der Waals surface area contributed by atoms with E-state index in [9.17, 15) is 9.18 Å². The topological polar surface area (TPSA) is 73.6 Å². The highest BCUT2D eigenvalue weighted by atomic mass is 19.1. The summed E-state index contributed by atoms with van der Waals surface area (Å²) in [5.41, 5.74) is 1.34. The first-order valence-corrected chi connectivity index (χ1v) is 7.59. The first kappa shape index (κ1) is 15.2. The average molecular weight is 340 g/mol. The van der Waals surface area contributed by atoms with Crippen molar-refractivity contribution in [1.29, 1.82) is 0 Å². The third kappa shape index (κ3) is 3.16. The molecule has 1 amide bonds. The summed E-state index contributed by atoms with van der Waals surface area (Å²) in [6, 6.07) is 13.0. The van der Waals surface area contributed by atoms with Crippen molar-refractivity contribution < 1.29 is 23.2 Å². The Morgan fingerprint density at radius 2 is 1.96 bits per heavy atom. The van der Waals surface area contributed by atoms with Gasteiger partial charge in [-0.05, 0) is 30.3 Å². The molecule has 0 saturated carbocycles. The lowest BCUT2D eigenvalue weighted by Crippen LogP contribution is -2.15. The fourth-order valence-corrected chi connectivity index (χ4v) is 2.50. The van der Waals surface area contributed by atoms with Crippen LogP contribution in [0.3, 0.4) is 0 Å². The SMILES string of the molecule is O=C(Cc1cc(-c2ccc3c(c2)OCO3)on1)Nc1ccccc1F. The summed E-state index contributed by atoms with van der Waals surface area (Å²) in [6.07, 6.45) is -0.0254. The van der Waals surface area contributed by atoms with Crippen LogP contribution in [0.2, 0.25) is 0 Å². The van der Waals surface area contributed by atoms with Gasteiger partial charge in [0.1, 0.15) is 5.82 Å². The molecule has 0 unspecified atom stereocenters. The summed E-state index contributed by atoms with van der Waals surface area (Å²) in [6.45, 7) is 0.191. The van der Waals surface area contributed by atoms with E-state index in [2.05, 4.69) is 10.5 Å². The normalized spacial score (nSPS) is 12.2. The van der Waals surface area contributed by atoms with Crippen LogP contribution < -0.4 is 14.8 Å². The molecule has 2 heterocycles. The summed E-state index contributed by atoms with van der Waals surface area (Å²) in [5, 5.41) is 6.40. The highest BCUT2D eigenvalue weighted by Crippen LogP contribution is 2.36. The molecule has 0 atom stereocenters. The van der Waals surface area contributed by atoms with E-state index < -0.39 is 5.82 Å². The fourth-order valence-electron chi connectivity index (χ4n) is 2.50. The average Bonchev–Trinajstić information content (AvgIpc) is 3.25. The molecule has 3 aromatic rings. The third-order valence-electron chi connectivity index (χ3n) is 3.71. The van der Waals surface area contributed by atoms with Gasteiger partial charge in [0.05, 0.1) is 17.8 Å². The number of hydrogen-bond donors (Lipinski definition) is 1. The maximum atomic E-state index is 13.6. The van der Waals surface area contributed by atoms with Gasteiger partial charge in [0.2, 0.25) is 12.7 Å². The quantitative estimate of drug-likeness (QED) is 0.788. The second-order valence-electron chi connectivity index (χ2n) is 5.46. The van der Waals surface area contributed by atoms with Gasteiger partial charge in [0.15, 0.2) is 17.3 Å². The Kier molecular flexibility index (Phi) is 3.81. The molecule has 0 fully saturated rings. The first-order chi connectivity index (χ1) is 12.2. The van der Waals surface area contributed by atoms with Gasteiger partial charge in [-0.2, -0.15) is 0 Å². The summed E-state index contributed by atoms with van der Waals surface area (Å²) < 4.78 is 29.4. The minimum atomic E-state index is -0.489. The minimum Gasteiger partial charge on any atom is -0.454 e. The maximum absolute atomic E-state index is 13.6. The lowest BCUT2D eigenvalue weighted by atomic mass is 10.1. The second-order valence-corrected chi connectivity index (χ2v) is 5.46. The molecular formula is C18H13FN2O4. The van der Waals surface area contributed by atoms with Crippen LogP contribution in [0.4, 0.5) is 10.1 Å². The molecule has 0 spiro atoms. The number of halogens is 1. The number of amides is 1. The number of anilines is 1. The molecule has 1 N–H and O–H groups in total. The lowest BCUT2D eigenvalue weighted by Gasteiger charge is -2.04. The zero-order chi connectivity index (χ0) is 17.2. The van der Waals surface area contributed by atoms with Gasteiger partial charge in [-0.3, -0.25) is 4.79 Å². The zero-order valence-electron chi connectivity index (χ0n) is 13.0. The number of carbonyl (C=O) groups is 1. The molecule has 25 heavy (non-hydrogen) atoms. The Morgan fingerprint density at radius 3 is 2.84 bits per heavy atom. The monoisotopic (exact) mass is 340 g/mol. The van der Waals surface area contributed by atoms with Crippen molar-refractivity contribution in [2.75, 3.05) is 12.1 Å². The number of rotatable bonds is 4. The Labute approximate surface area is 142 Å². The van der Waals surface area contributed by atoms with Crippen LogP contribution in [0.1, 0.15) is 5.69 Å². The Bertz CT molecular complexity index is 938. The van der Waals surface area contributed by atoms with Crippen LogP contribution in [-0.2, 0) is 11.2 Å². The predicted octanol–water partition coefficient (Wildman–Crippen LogP) is 3.39. The number of benzene rings is 2. The molecule has 0 saturated heterocycles. The van der Waals surface area contributed by atoms with Crippen molar-refractivity contribution in [3.05, 3.63) is 60.0 Å². The molecule has 4 rings (SSSR count). The van der Waals surface area contributed by atoms with E-state index in [1.807, 2.05) is 6.07 Å². The van der Waals surface area contributed by atoms with Gasteiger partial charge in [0, 0.05) is 11.6 Å². The minimum absolute atomic E-state index is 0.0254. The molecule has 126 valence electrons. The molecule has 2 aromatic carbocycles. The van der Waals surface area contributed by atoms with Crippen molar-refractivity contribution >= 4 is 11.6 Å². The predicted molar refractivity (Wildman–Crippen MR) is 86.8 cm³/mol. The van der Waals surface area contributed by atoms with Crippen LogP contribution in [-0.4, -0.2) is 17.9 Å². The lowest BCUT2D eigenvalue weighted by molar-refractivity contribution is -0.115. The van der Waals surface area contributed by atoms with E-state index in [4.69, 9.17) is 14.0 Å². The molecule has 7 heteroatoms. The molecule has 0 radical (unpaired) electrons. The number of hydrogen-bond acceptors (Lipinski definition) is 5. The van der Waals surface area contributed by atoms with Crippen molar-refractivity contribution in [1.82, 2.24) is 5.16 Å². The van der Waals surface area contributed by atoms with Crippen molar-refractivity contribution in [3.63, 3.8) is 0 Å². The van der Waals surface area contributed by atoms with E-state index in [1.165, 1.54) is 12.1 Å². The third-order valence-corrected chi connectivity index (χ3v) is 3.71. The number of ether oxygens (including phenoxy) is 2. The highest BCUT2D eigenvalue weighted by Gasteiger charge is 2.17. The number of aromatic nitrogens is 1. The Morgan fingerprint density at radius 1 is 1.12 bits per heavy atom. The van der Waals surface area contributed by atoms with Gasteiger partial charge >= 0.3 is 0 Å². The fraction of sp³-hybridized carbons (Fsp3) is 0.111. The number of fused-ring (bicyclic) bond motifs is 1. The van der Waals surface area contributed by atoms with E-state index in [0.717, 1.165) is 5.56 Å². The number of nitrogens with zero attached hydrogens (tertiary/aromatic N) is 1. The van der Waals surface area contributed by atoms with Gasteiger partial charge in [-0.25, -0.2) is 4.39 Å². The summed E-state index contributed by atoms with van der Waals surface area (Å²) >= 11 is 0. The smallest absolute Gasteiger partial charge is 0.231 e. The molecule has 1 aromatic heterocycles. The second kappa shape index (κ2) is 6.27. The summed E-state index contributed by atoms with van der Waals surface area (Å²) in [4.78, 5) is 12.0. The van der Waals surface area contributed by atoms with Gasteiger partial charge in [-0.15, -0.1) is 0 Å². The number of para-hydroxylation sites is 1. The Balaban J connectivity index is 1.46. The van der Waals surface area contributed by atoms with E-state index in [-0.39, 0.29) is 24.8 Å². The van der Waals surface area contributed by atoms with Crippen LogP contribution >= 0.6 is 0 Å². The van der Waals surface area contributed by atoms with Gasteiger partial charge in [0.25, 0.3) is 0 Å². The summed E-state index contributed by atoms with van der Waals surface area (Å²) in [7, 11) is 0.